The lowest BCUT2D eigenvalue weighted by Gasteiger charge is -2.02. The third kappa shape index (κ3) is 1.59. The first-order valence-electron chi connectivity index (χ1n) is 7.64. The van der Waals surface area contributed by atoms with Gasteiger partial charge in [0, 0.05) is 29.7 Å². The van der Waals surface area contributed by atoms with Gasteiger partial charge in [0.05, 0.1) is 40.4 Å². The third-order valence-electron chi connectivity index (χ3n) is 4.68. The summed E-state index contributed by atoms with van der Waals surface area (Å²) in [7, 11) is 4.33. The first-order chi connectivity index (χ1) is 11.7. The van der Waals surface area contributed by atoms with Crippen molar-refractivity contribution in [2.24, 2.45) is 14.1 Å². The molecule has 0 aromatic carbocycles. The van der Waals surface area contributed by atoms with Crippen LogP contribution < -0.4 is 0 Å². The second-order valence-corrected chi connectivity index (χ2v) is 10.2. The molecule has 0 atom stereocenters. The van der Waals surface area contributed by atoms with Crippen molar-refractivity contribution in [3.05, 3.63) is 35.8 Å². The molecule has 0 fully saturated rings. The minimum absolute atomic E-state index is 1.33. The predicted molar refractivity (Wildman–Crippen MR) is 111 cm³/mol. The van der Waals surface area contributed by atoms with Crippen LogP contribution in [0.3, 0.4) is 0 Å². The highest BCUT2D eigenvalue weighted by Crippen LogP contribution is 2.46. The number of aromatic nitrogens is 2. The molecule has 6 heteroatoms. The summed E-state index contributed by atoms with van der Waals surface area (Å²) in [5.74, 6) is 0. The average Bonchev–Trinajstić information content (AvgIpc) is 3.30. The van der Waals surface area contributed by atoms with Crippen LogP contribution in [0.1, 0.15) is 0 Å². The number of hydrogen-bond donors (Lipinski definition) is 0. The lowest BCUT2D eigenvalue weighted by Crippen LogP contribution is -1.91. The molecule has 0 saturated carbocycles. The molecule has 2 nitrogen and oxygen atoms in total. The van der Waals surface area contributed by atoms with E-state index in [1.807, 2.05) is 45.3 Å². The van der Waals surface area contributed by atoms with Gasteiger partial charge in [-0.2, -0.15) is 0 Å². The molecule has 24 heavy (non-hydrogen) atoms. The Morgan fingerprint density at radius 1 is 0.792 bits per heavy atom. The maximum atomic E-state index is 2.37. The summed E-state index contributed by atoms with van der Waals surface area (Å²) in [5.41, 5.74) is 4.04. The lowest BCUT2D eigenvalue weighted by atomic mass is 10.3. The van der Waals surface area contributed by atoms with E-state index in [4.69, 9.17) is 0 Å². The predicted octanol–water partition coefficient (Wildman–Crippen LogP) is 6.89. The molecule has 6 rings (SSSR count). The van der Waals surface area contributed by atoms with Gasteiger partial charge in [-0.05, 0) is 29.6 Å². The van der Waals surface area contributed by atoms with Crippen LogP contribution in [-0.4, -0.2) is 9.13 Å². The summed E-state index contributed by atoms with van der Waals surface area (Å²) >= 11 is 7.60. The Labute approximate surface area is 153 Å². The summed E-state index contributed by atoms with van der Waals surface area (Å²) in [6, 6.07) is 9.19. The second kappa shape index (κ2) is 4.52. The van der Waals surface area contributed by atoms with Crippen LogP contribution in [0.4, 0.5) is 0 Å². The van der Waals surface area contributed by atoms with Gasteiger partial charge in [0.2, 0.25) is 0 Å². The molecule has 0 unspecified atom stereocenters. The van der Waals surface area contributed by atoms with E-state index >= 15 is 0 Å². The van der Waals surface area contributed by atoms with E-state index in [1.54, 1.807) is 0 Å². The van der Waals surface area contributed by atoms with Crippen molar-refractivity contribution < 1.29 is 0 Å². The van der Waals surface area contributed by atoms with E-state index < -0.39 is 0 Å². The van der Waals surface area contributed by atoms with E-state index in [9.17, 15) is 0 Å². The fraction of sp³-hybridized carbons (Fsp3) is 0.111. The van der Waals surface area contributed by atoms with Crippen molar-refractivity contribution in [3.8, 4) is 10.6 Å². The van der Waals surface area contributed by atoms with Crippen molar-refractivity contribution in [1.29, 1.82) is 0 Å². The van der Waals surface area contributed by atoms with Crippen LogP contribution in [-0.2, 0) is 14.1 Å². The molecule has 6 aromatic heterocycles. The Bertz CT molecular complexity index is 1380. The Balaban J connectivity index is 1.66. The van der Waals surface area contributed by atoms with E-state index in [0.717, 1.165) is 0 Å². The Morgan fingerprint density at radius 2 is 1.67 bits per heavy atom. The zero-order valence-electron chi connectivity index (χ0n) is 13.0. The molecule has 0 aliphatic heterocycles. The summed E-state index contributed by atoms with van der Waals surface area (Å²) in [4.78, 5) is 1.37. The van der Waals surface area contributed by atoms with E-state index in [2.05, 4.69) is 59.1 Å². The van der Waals surface area contributed by atoms with Gasteiger partial charge in [-0.1, -0.05) is 0 Å². The van der Waals surface area contributed by atoms with Crippen molar-refractivity contribution in [2.75, 3.05) is 0 Å². The van der Waals surface area contributed by atoms with Crippen LogP contribution in [0.2, 0.25) is 0 Å². The average molecular weight is 385 g/mol. The minimum atomic E-state index is 1.33. The first-order valence-corrected chi connectivity index (χ1v) is 11.0. The van der Waals surface area contributed by atoms with Gasteiger partial charge in [-0.3, -0.25) is 0 Å². The molecular formula is C18H12N2S4. The Kier molecular flexibility index (Phi) is 2.57. The molecule has 0 aliphatic carbocycles. The maximum Gasteiger partial charge on any atom is 0.0840 e. The fourth-order valence-corrected chi connectivity index (χ4v) is 8.58. The van der Waals surface area contributed by atoms with Gasteiger partial charge in [0.25, 0.3) is 0 Å². The van der Waals surface area contributed by atoms with Gasteiger partial charge in [0.1, 0.15) is 0 Å². The highest BCUT2D eigenvalue weighted by Gasteiger charge is 2.18. The number of hydrogen-bond acceptors (Lipinski definition) is 4. The molecule has 0 saturated heterocycles. The van der Waals surface area contributed by atoms with Crippen LogP contribution in [0, 0.1) is 0 Å². The minimum Gasteiger partial charge on any atom is -0.348 e. The Morgan fingerprint density at radius 3 is 2.58 bits per heavy atom. The number of nitrogens with zero attached hydrogens (tertiary/aromatic N) is 2. The molecule has 118 valence electrons. The molecule has 0 aliphatic rings. The zero-order chi connectivity index (χ0) is 16.0. The van der Waals surface area contributed by atoms with Crippen molar-refractivity contribution in [1.82, 2.24) is 9.13 Å². The van der Waals surface area contributed by atoms with Crippen LogP contribution in [0.25, 0.3) is 49.8 Å². The molecular weight excluding hydrogens is 372 g/mol. The van der Waals surface area contributed by atoms with E-state index in [1.165, 1.54) is 49.8 Å². The first kappa shape index (κ1) is 13.7. The van der Waals surface area contributed by atoms with Crippen molar-refractivity contribution in [2.45, 2.75) is 0 Å². The molecule has 0 N–H and O–H groups in total. The summed E-state index contributed by atoms with van der Waals surface area (Å²) in [6.45, 7) is 0. The van der Waals surface area contributed by atoms with Crippen LogP contribution in [0.5, 0.6) is 0 Å². The smallest absolute Gasteiger partial charge is 0.0840 e. The molecule has 0 spiro atoms. The number of aryl methyl sites for hydroxylation is 2. The van der Waals surface area contributed by atoms with Gasteiger partial charge < -0.3 is 9.13 Å². The monoisotopic (exact) mass is 384 g/mol. The molecule has 0 radical (unpaired) electrons. The normalized spacial score (nSPS) is 12.6. The second-order valence-electron chi connectivity index (χ2n) is 6.06. The van der Waals surface area contributed by atoms with Crippen molar-refractivity contribution >= 4 is 84.6 Å². The molecule has 6 aromatic rings. The highest BCUT2D eigenvalue weighted by atomic mass is 32.1. The van der Waals surface area contributed by atoms with E-state index in [-0.39, 0.29) is 0 Å². The third-order valence-corrected chi connectivity index (χ3v) is 9.36. The number of rotatable bonds is 1. The van der Waals surface area contributed by atoms with Crippen LogP contribution >= 0.6 is 45.3 Å². The number of fused-ring (bicyclic) bond motifs is 6. The quantitative estimate of drug-likeness (QED) is 0.292. The fourth-order valence-electron chi connectivity index (χ4n) is 3.55. The van der Waals surface area contributed by atoms with Crippen molar-refractivity contribution in [3.63, 3.8) is 0 Å². The number of thiophene rings is 4. The van der Waals surface area contributed by atoms with Gasteiger partial charge in [-0.25, -0.2) is 0 Å². The molecule has 0 bridgehead atoms. The molecule has 0 amide bonds. The Hall–Kier alpha value is -1.60. The van der Waals surface area contributed by atoms with Gasteiger partial charge in [-0.15, -0.1) is 45.3 Å². The maximum absolute atomic E-state index is 2.37. The van der Waals surface area contributed by atoms with E-state index in [0.29, 0.717) is 0 Å². The topological polar surface area (TPSA) is 9.86 Å². The summed E-state index contributed by atoms with van der Waals surface area (Å²) in [5, 5.41) is 2.20. The highest BCUT2D eigenvalue weighted by molar-refractivity contribution is 7.39. The lowest BCUT2D eigenvalue weighted by molar-refractivity contribution is 0.949. The standard InChI is InChI=1S/C18H12N2S4/c1-19-5-3-10-15(19)16-13(22-10)7-9(20(16)2)12-8-14-18(24-12)17-11(23-14)4-6-21-17/h3-8H,1-2H3. The SMILES string of the molecule is Cn1ccc2sc3cc(-c4cc5sc6ccsc6c5s4)n(C)c3c21. The summed E-state index contributed by atoms with van der Waals surface area (Å²) in [6.07, 6.45) is 2.15. The van der Waals surface area contributed by atoms with Gasteiger partial charge in [0.15, 0.2) is 0 Å². The van der Waals surface area contributed by atoms with Gasteiger partial charge >= 0.3 is 0 Å². The molecule has 6 heterocycles. The summed E-state index contributed by atoms with van der Waals surface area (Å²) < 4.78 is 13.1. The zero-order valence-corrected chi connectivity index (χ0v) is 16.3. The largest absolute Gasteiger partial charge is 0.348 e. The van der Waals surface area contributed by atoms with Crippen LogP contribution in [0.15, 0.2) is 35.8 Å².